The Hall–Kier alpha value is -0.870. The number of rotatable bonds is 1. The average molecular weight is 309 g/mol. The molecule has 2 saturated heterocycles. The van der Waals surface area contributed by atoms with Crippen LogP contribution in [0, 0.1) is 0 Å². The Kier molecular flexibility index (Phi) is 2.94. The minimum absolute atomic E-state index is 0.264. The minimum atomic E-state index is -0.290. The van der Waals surface area contributed by atoms with Gasteiger partial charge in [0.05, 0.1) is 0 Å². The van der Waals surface area contributed by atoms with E-state index in [4.69, 9.17) is 0 Å². The summed E-state index contributed by atoms with van der Waals surface area (Å²) in [4.78, 5) is 14.1. The maximum atomic E-state index is 12.2. The second-order valence-corrected chi connectivity index (χ2v) is 6.27. The van der Waals surface area contributed by atoms with Crippen LogP contribution in [-0.4, -0.2) is 29.9 Å². The topological polar surface area (TPSA) is 32.3 Å². The summed E-state index contributed by atoms with van der Waals surface area (Å²) in [5, 5.41) is 3.58. The van der Waals surface area contributed by atoms with Gasteiger partial charge < -0.3 is 4.90 Å². The number of benzene rings is 1. The molecule has 0 bridgehead atoms. The lowest BCUT2D eigenvalue weighted by molar-refractivity contribution is -0.131. The van der Waals surface area contributed by atoms with E-state index in [-0.39, 0.29) is 11.4 Å². The lowest BCUT2D eigenvalue weighted by Crippen LogP contribution is -2.47. The second-order valence-electron chi connectivity index (χ2n) is 5.35. The fraction of sp³-hybridized carbons (Fsp3) is 0.500. The Morgan fingerprint density at radius 3 is 2.94 bits per heavy atom. The SMILES string of the molecule is CN1CC[C@@]2(CC[C@@H](c3cccc(Br)c3)N2)C1=O. The number of hydrogen-bond acceptors (Lipinski definition) is 2. The molecule has 18 heavy (non-hydrogen) atoms. The fourth-order valence-electron chi connectivity index (χ4n) is 3.14. The summed E-state index contributed by atoms with van der Waals surface area (Å²) in [7, 11) is 1.89. The van der Waals surface area contributed by atoms with Crippen molar-refractivity contribution in [2.45, 2.75) is 30.8 Å². The smallest absolute Gasteiger partial charge is 0.242 e. The molecule has 4 heteroatoms. The number of likely N-dealkylation sites (N-methyl/N-ethyl adjacent to an activating group) is 1. The summed E-state index contributed by atoms with van der Waals surface area (Å²) in [6.07, 6.45) is 2.93. The van der Waals surface area contributed by atoms with Crippen molar-refractivity contribution < 1.29 is 4.79 Å². The third kappa shape index (κ3) is 1.88. The Morgan fingerprint density at radius 1 is 1.44 bits per heavy atom. The van der Waals surface area contributed by atoms with Crippen molar-refractivity contribution in [2.24, 2.45) is 0 Å². The number of nitrogens with zero attached hydrogens (tertiary/aromatic N) is 1. The highest BCUT2D eigenvalue weighted by atomic mass is 79.9. The lowest BCUT2D eigenvalue weighted by Gasteiger charge is -2.23. The molecule has 1 amide bonds. The van der Waals surface area contributed by atoms with Gasteiger partial charge >= 0.3 is 0 Å². The summed E-state index contributed by atoms with van der Waals surface area (Å²) in [5.74, 6) is 0.264. The molecule has 1 aromatic rings. The number of amides is 1. The van der Waals surface area contributed by atoms with Gasteiger partial charge in [-0.05, 0) is 37.0 Å². The van der Waals surface area contributed by atoms with Gasteiger partial charge in [-0.1, -0.05) is 28.1 Å². The van der Waals surface area contributed by atoms with Crippen LogP contribution in [0.2, 0.25) is 0 Å². The summed E-state index contributed by atoms with van der Waals surface area (Å²) >= 11 is 3.50. The molecule has 3 rings (SSSR count). The van der Waals surface area contributed by atoms with Crippen molar-refractivity contribution in [1.82, 2.24) is 10.2 Å². The zero-order valence-electron chi connectivity index (χ0n) is 10.4. The summed E-state index contributed by atoms with van der Waals surface area (Å²) < 4.78 is 1.10. The van der Waals surface area contributed by atoms with Crippen LogP contribution in [0.5, 0.6) is 0 Å². The molecule has 2 atom stereocenters. The Bertz CT molecular complexity index is 490. The van der Waals surface area contributed by atoms with Gasteiger partial charge in [0, 0.05) is 24.1 Å². The number of halogens is 1. The molecule has 1 spiro atoms. The number of carbonyl (C=O) groups excluding carboxylic acids is 1. The largest absolute Gasteiger partial charge is 0.344 e. The molecule has 2 aliphatic rings. The van der Waals surface area contributed by atoms with E-state index < -0.39 is 0 Å². The molecule has 2 fully saturated rings. The molecule has 96 valence electrons. The first-order chi connectivity index (χ1) is 8.61. The molecule has 0 aliphatic carbocycles. The third-order valence-corrected chi connectivity index (χ3v) is 4.68. The zero-order chi connectivity index (χ0) is 12.8. The van der Waals surface area contributed by atoms with Crippen molar-refractivity contribution in [3.05, 3.63) is 34.3 Å². The van der Waals surface area contributed by atoms with E-state index in [0.29, 0.717) is 6.04 Å². The molecular weight excluding hydrogens is 292 g/mol. The molecular formula is C14H17BrN2O. The predicted octanol–water partition coefficient (Wildman–Crippen LogP) is 2.47. The van der Waals surface area contributed by atoms with Gasteiger partial charge in [0.25, 0.3) is 0 Å². The molecule has 1 aromatic carbocycles. The molecule has 0 radical (unpaired) electrons. The summed E-state index contributed by atoms with van der Waals surface area (Å²) in [6.45, 7) is 0.872. The molecule has 2 heterocycles. The van der Waals surface area contributed by atoms with Crippen molar-refractivity contribution >= 4 is 21.8 Å². The van der Waals surface area contributed by atoms with Crippen LogP contribution in [0.25, 0.3) is 0 Å². The fourth-order valence-corrected chi connectivity index (χ4v) is 3.56. The summed E-state index contributed by atoms with van der Waals surface area (Å²) in [6, 6.07) is 8.65. The Balaban J connectivity index is 1.82. The van der Waals surface area contributed by atoms with Gasteiger partial charge in [0.1, 0.15) is 5.54 Å². The average Bonchev–Trinajstić information content (AvgIpc) is 2.91. The van der Waals surface area contributed by atoms with E-state index in [9.17, 15) is 4.79 Å². The van der Waals surface area contributed by atoms with Gasteiger partial charge in [0.2, 0.25) is 5.91 Å². The number of nitrogens with one attached hydrogen (secondary N) is 1. The molecule has 2 aliphatic heterocycles. The van der Waals surface area contributed by atoms with Gasteiger partial charge in [-0.2, -0.15) is 0 Å². The van der Waals surface area contributed by atoms with E-state index in [1.165, 1.54) is 5.56 Å². The predicted molar refractivity (Wildman–Crippen MR) is 74.2 cm³/mol. The maximum Gasteiger partial charge on any atom is 0.242 e. The molecule has 0 aromatic heterocycles. The maximum absolute atomic E-state index is 12.2. The monoisotopic (exact) mass is 308 g/mol. The second kappa shape index (κ2) is 4.35. The van der Waals surface area contributed by atoms with Crippen LogP contribution in [0.1, 0.15) is 30.9 Å². The third-order valence-electron chi connectivity index (χ3n) is 4.19. The number of likely N-dealkylation sites (tertiary alicyclic amines) is 1. The van der Waals surface area contributed by atoms with Crippen LogP contribution >= 0.6 is 15.9 Å². The normalized spacial score (nSPS) is 31.6. The van der Waals surface area contributed by atoms with Gasteiger partial charge in [0.15, 0.2) is 0 Å². The van der Waals surface area contributed by atoms with Gasteiger partial charge in [-0.25, -0.2) is 0 Å². The first-order valence-corrected chi connectivity index (χ1v) is 7.19. The van der Waals surface area contributed by atoms with Gasteiger partial charge in [-0.15, -0.1) is 0 Å². The molecule has 1 N–H and O–H groups in total. The molecule has 3 nitrogen and oxygen atoms in total. The number of hydrogen-bond donors (Lipinski definition) is 1. The highest BCUT2D eigenvalue weighted by molar-refractivity contribution is 9.10. The van der Waals surface area contributed by atoms with E-state index >= 15 is 0 Å². The first kappa shape index (κ1) is 12.2. The summed E-state index contributed by atoms with van der Waals surface area (Å²) in [5.41, 5.74) is 0.977. The van der Waals surface area contributed by atoms with Crippen LogP contribution in [0.15, 0.2) is 28.7 Å². The van der Waals surface area contributed by atoms with Crippen LogP contribution in [-0.2, 0) is 4.79 Å². The highest BCUT2D eigenvalue weighted by Crippen LogP contribution is 2.39. The Labute approximate surface area is 116 Å². The zero-order valence-corrected chi connectivity index (χ0v) is 12.0. The molecule has 0 saturated carbocycles. The van der Waals surface area contributed by atoms with Crippen molar-refractivity contribution in [3.63, 3.8) is 0 Å². The molecule has 0 unspecified atom stereocenters. The van der Waals surface area contributed by atoms with E-state index in [0.717, 1.165) is 30.3 Å². The van der Waals surface area contributed by atoms with E-state index in [2.05, 4.69) is 39.4 Å². The van der Waals surface area contributed by atoms with Crippen molar-refractivity contribution in [1.29, 1.82) is 0 Å². The quantitative estimate of drug-likeness (QED) is 0.864. The van der Waals surface area contributed by atoms with Crippen molar-refractivity contribution in [3.8, 4) is 0 Å². The highest BCUT2D eigenvalue weighted by Gasteiger charge is 2.49. The van der Waals surface area contributed by atoms with E-state index in [1.807, 2.05) is 18.0 Å². The van der Waals surface area contributed by atoms with Crippen LogP contribution in [0.3, 0.4) is 0 Å². The van der Waals surface area contributed by atoms with Crippen LogP contribution < -0.4 is 5.32 Å². The first-order valence-electron chi connectivity index (χ1n) is 6.39. The standard InChI is InChI=1S/C14H17BrN2O/c1-17-8-7-14(13(17)18)6-5-12(16-14)10-3-2-4-11(15)9-10/h2-4,9,12,16H,5-8H2,1H3/t12-,14-/m0/s1. The van der Waals surface area contributed by atoms with E-state index in [1.54, 1.807) is 0 Å². The van der Waals surface area contributed by atoms with Crippen molar-refractivity contribution in [2.75, 3.05) is 13.6 Å². The number of carbonyl (C=O) groups is 1. The lowest BCUT2D eigenvalue weighted by atomic mass is 9.96. The van der Waals surface area contributed by atoms with Gasteiger partial charge in [-0.3, -0.25) is 10.1 Å². The van der Waals surface area contributed by atoms with Crippen LogP contribution in [0.4, 0.5) is 0 Å². The Morgan fingerprint density at radius 2 is 2.28 bits per heavy atom. The minimum Gasteiger partial charge on any atom is -0.344 e.